The van der Waals surface area contributed by atoms with Crippen LogP contribution in [-0.2, 0) is 23.9 Å². The van der Waals surface area contributed by atoms with E-state index in [1.54, 1.807) is 34.6 Å². The van der Waals surface area contributed by atoms with Crippen LogP contribution in [-0.4, -0.2) is 60.5 Å². The second-order valence-corrected chi connectivity index (χ2v) is 12.3. The van der Waals surface area contributed by atoms with Crippen LogP contribution >= 0.6 is 0 Å². The summed E-state index contributed by atoms with van der Waals surface area (Å²) in [7, 11) is 1.25. The molecule has 2 aromatic rings. The third-order valence-corrected chi connectivity index (χ3v) is 6.75. The quantitative estimate of drug-likeness (QED) is 0.300. The first-order chi connectivity index (χ1) is 19.7. The molecule has 0 saturated heterocycles. The molecular weight excluding hydrogens is 538 g/mol. The van der Waals surface area contributed by atoms with Crippen LogP contribution in [0.25, 0.3) is 11.1 Å². The van der Waals surface area contributed by atoms with Crippen LogP contribution in [0.2, 0.25) is 0 Å². The second-order valence-electron chi connectivity index (χ2n) is 12.3. The Morgan fingerprint density at radius 2 is 1.40 bits per heavy atom. The Morgan fingerprint density at radius 3 is 1.90 bits per heavy atom. The number of rotatable bonds is 9. The maximum absolute atomic E-state index is 13.1. The van der Waals surface area contributed by atoms with Crippen molar-refractivity contribution in [1.82, 2.24) is 15.7 Å². The van der Waals surface area contributed by atoms with Crippen molar-refractivity contribution in [3.05, 3.63) is 59.7 Å². The van der Waals surface area contributed by atoms with Gasteiger partial charge in [0.2, 0.25) is 0 Å². The van der Waals surface area contributed by atoms with Crippen molar-refractivity contribution in [3.8, 4) is 11.1 Å². The van der Waals surface area contributed by atoms with Crippen LogP contribution in [0.3, 0.4) is 0 Å². The van der Waals surface area contributed by atoms with Gasteiger partial charge in [0, 0.05) is 5.92 Å². The van der Waals surface area contributed by atoms with Gasteiger partial charge in [0.15, 0.2) is 0 Å². The number of ether oxygens (including phenoxy) is 2. The molecule has 0 heterocycles. The van der Waals surface area contributed by atoms with Gasteiger partial charge in [-0.05, 0) is 61.3 Å². The molecule has 10 heteroatoms. The van der Waals surface area contributed by atoms with Crippen LogP contribution < -0.4 is 10.6 Å². The van der Waals surface area contributed by atoms with Crippen LogP contribution in [0.1, 0.15) is 71.9 Å². The summed E-state index contributed by atoms with van der Waals surface area (Å²) in [4.78, 5) is 56.6. The van der Waals surface area contributed by atoms with Gasteiger partial charge in [-0.25, -0.2) is 19.2 Å². The molecule has 0 unspecified atom stereocenters. The Bertz CT molecular complexity index is 1240. The number of benzene rings is 2. The first kappa shape index (κ1) is 32.4. The predicted molar refractivity (Wildman–Crippen MR) is 158 cm³/mol. The van der Waals surface area contributed by atoms with Gasteiger partial charge in [-0.2, -0.15) is 5.06 Å². The first-order valence-electron chi connectivity index (χ1n) is 14.3. The SMILES string of the molecule is CC(C)C[C@H](NC(=O)OCC1c2ccccc2-c2ccccc21)C(=O)ON(C)C(=O)N[C@H](C(=O)OC(C)(C)C)C(C)C. The maximum Gasteiger partial charge on any atom is 0.407 e. The smallest absolute Gasteiger partial charge is 0.407 e. The third-order valence-electron chi connectivity index (χ3n) is 6.75. The summed E-state index contributed by atoms with van der Waals surface area (Å²) in [6.07, 6.45) is -0.512. The monoisotopic (exact) mass is 581 g/mol. The average molecular weight is 582 g/mol. The number of hydrogen-bond donors (Lipinski definition) is 2. The van der Waals surface area contributed by atoms with Crippen molar-refractivity contribution in [2.45, 2.75) is 78.5 Å². The van der Waals surface area contributed by atoms with E-state index in [0.717, 1.165) is 22.3 Å². The number of carbonyl (C=O) groups is 4. The molecule has 0 bridgehead atoms. The number of nitrogens with one attached hydrogen (secondary N) is 2. The normalized spacial score (nSPS) is 14.0. The Balaban J connectivity index is 1.61. The van der Waals surface area contributed by atoms with E-state index in [9.17, 15) is 19.2 Å². The van der Waals surface area contributed by atoms with E-state index >= 15 is 0 Å². The molecule has 0 aliphatic heterocycles. The average Bonchev–Trinajstić information content (AvgIpc) is 3.22. The van der Waals surface area contributed by atoms with E-state index in [2.05, 4.69) is 10.6 Å². The van der Waals surface area contributed by atoms with E-state index in [0.29, 0.717) is 5.06 Å². The topological polar surface area (TPSA) is 123 Å². The van der Waals surface area contributed by atoms with E-state index in [4.69, 9.17) is 14.3 Å². The fraction of sp³-hybridized carbons (Fsp3) is 0.500. The van der Waals surface area contributed by atoms with Gasteiger partial charge in [0.05, 0.1) is 7.05 Å². The fourth-order valence-corrected chi connectivity index (χ4v) is 4.79. The highest BCUT2D eigenvalue weighted by atomic mass is 16.7. The lowest BCUT2D eigenvalue weighted by Gasteiger charge is -2.28. The van der Waals surface area contributed by atoms with Crippen molar-refractivity contribution in [1.29, 1.82) is 0 Å². The van der Waals surface area contributed by atoms with Gasteiger partial charge in [0.1, 0.15) is 24.3 Å². The van der Waals surface area contributed by atoms with Gasteiger partial charge in [-0.15, -0.1) is 0 Å². The number of urea groups is 1. The minimum Gasteiger partial charge on any atom is -0.458 e. The second kappa shape index (κ2) is 13.7. The summed E-state index contributed by atoms with van der Waals surface area (Å²) in [5.74, 6) is -1.83. The first-order valence-corrected chi connectivity index (χ1v) is 14.3. The minimum atomic E-state index is -1.07. The standard InChI is InChI=1S/C32H43N3O7/c1-19(2)17-26(28(36)42-35(8)30(38)34-27(20(3)4)29(37)41-32(5,6)7)33-31(39)40-18-25-23-15-11-9-13-21(23)22-14-10-12-16-24(22)25/h9-16,19-20,25-27H,17-18H2,1-8H3,(H,33,39)(H,34,38)/t26-,27-/m0/s1. The maximum atomic E-state index is 13.1. The van der Waals surface area contributed by atoms with Crippen molar-refractivity contribution >= 4 is 24.1 Å². The molecule has 2 atom stereocenters. The zero-order chi connectivity index (χ0) is 31.2. The van der Waals surface area contributed by atoms with Gasteiger partial charge >= 0.3 is 24.1 Å². The molecule has 0 saturated carbocycles. The minimum absolute atomic E-state index is 0.0214. The lowest BCUT2D eigenvalue weighted by Crippen LogP contribution is -2.52. The number of alkyl carbamates (subject to hydrolysis) is 1. The largest absolute Gasteiger partial charge is 0.458 e. The van der Waals surface area contributed by atoms with E-state index < -0.39 is 41.7 Å². The summed E-state index contributed by atoms with van der Waals surface area (Å²) in [6.45, 7) is 12.6. The zero-order valence-corrected chi connectivity index (χ0v) is 25.7. The zero-order valence-electron chi connectivity index (χ0n) is 25.7. The molecule has 1 aliphatic carbocycles. The molecule has 2 aromatic carbocycles. The van der Waals surface area contributed by atoms with Crippen molar-refractivity contribution in [2.24, 2.45) is 11.8 Å². The Labute approximate surface area is 248 Å². The van der Waals surface area contributed by atoms with Gasteiger partial charge < -0.3 is 24.9 Å². The molecule has 0 spiro atoms. The number of amides is 3. The van der Waals surface area contributed by atoms with E-state index in [1.165, 1.54) is 7.05 Å². The molecule has 2 N–H and O–H groups in total. The molecular formula is C32H43N3O7. The van der Waals surface area contributed by atoms with Crippen molar-refractivity contribution in [3.63, 3.8) is 0 Å². The fourth-order valence-electron chi connectivity index (χ4n) is 4.79. The van der Waals surface area contributed by atoms with Crippen LogP contribution in [0.15, 0.2) is 48.5 Å². The molecule has 228 valence electrons. The van der Waals surface area contributed by atoms with Gasteiger partial charge in [-0.1, -0.05) is 76.2 Å². The summed E-state index contributed by atoms with van der Waals surface area (Å²) >= 11 is 0. The van der Waals surface area contributed by atoms with Crippen LogP contribution in [0, 0.1) is 11.8 Å². The van der Waals surface area contributed by atoms with Crippen molar-refractivity contribution in [2.75, 3.05) is 13.7 Å². The Kier molecular flexibility index (Phi) is 10.6. The lowest BCUT2D eigenvalue weighted by molar-refractivity contribution is -0.175. The number of hydrogen-bond acceptors (Lipinski definition) is 7. The molecule has 42 heavy (non-hydrogen) atoms. The third kappa shape index (κ3) is 8.47. The van der Waals surface area contributed by atoms with Crippen LogP contribution in [0.4, 0.5) is 9.59 Å². The van der Waals surface area contributed by atoms with E-state index in [1.807, 2.05) is 62.4 Å². The molecule has 10 nitrogen and oxygen atoms in total. The molecule has 3 rings (SSSR count). The summed E-state index contributed by atoms with van der Waals surface area (Å²) < 4.78 is 11.0. The van der Waals surface area contributed by atoms with E-state index in [-0.39, 0.29) is 30.8 Å². The Hall–Kier alpha value is -4.08. The highest BCUT2D eigenvalue weighted by Gasteiger charge is 2.33. The summed E-state index contributed by atoms with van der Waals surface area (Å²) in [6, 6.07) is 13.2. The molecule has 1 aliphatic rings. The van der Waals surface area contributed by atoms with Gasteiger partial charge in [-0.3, -0.25) is 0 Å². The summed E-state index contributed by atoms with van der Waals surface area (Å²) in [5, 5.41) is 5.86. The molecule has 0 aromatic heterocycles. The van der Waals surface area contributed by atoms with Crippen molar-refractivity contribution < 1.29 is 33.5 Å². The lowest BCUT2D eigenvalue weighted by atomic mass is 9.98. The number of esters is 1. The highest BCUT2D eigenvalue weighted by molar-refractivity contribution is 5.86. The van der Waals surface area contributed by atoms with Gasteiger partial charge in [0.25, 0.3) is 0 Å². The highest BCUT2D eigenvalue weighted by Crippen LogP contribution is 2.44. The Morgan fingerprint density at radius 1 is 0.857 bits per heavy atom. The molecule has 0 fully saturated rings. The number of fused-ring (bicyclic) bond motifs is 3. The molecule has 0 radical (unpaired) electrons. The number of carbonyl (C=O) groups excluding carboxylic acids is 4. The van der Waals surface area contributed by atoms with Crippen LogP contribution in [0.5, 0.6) is 0 Å². The molecule has 3 amide bonds. The number of hydroxylamine groups is 2. The summed E-state index contributed by atoms with van der Waals surface area (Å²) in [5.41, 5.74) is 3.63. The predicted octanol–water partition coefficient (Wildman–Crippen LogP) is 5.41. The number of nitrogens with zero attached hydrogens (tertiary/aromatic N) is 1.